The lowest BCUT2D eigenvalue weighted by molar-refractivity contribution is 0.496. The van der Waals surface area contributed by atoms with Crippen LogP contribution in [0.4, 0.5) is 0 Å². The first-order chi connectivity index (χ1) is 8.61. The van der Waals surface area contributed by atoms with Gasteiger partial charge >= 0.3 is 0 Å². The second kappa shape index (κ2) is 5.75. The van der Waals surface area contributed by atoms with Crippen LogP contribution in [-0.4, -0.2) is 12.6 Å². The molecule has 1 aromatic rings. The van der Waals surface area contributed by atoms with E-state index in [0.29, 0.717) is 12.0 Å². The zero-order valence-corrected chi connectivity index (χ0v) is 12.0. The molecule has 0 saturated heterocycles. The van der Waals surface area contributed by atoms with E-state index >= 15 is 0 Å². The lowest BCUT2D eigenvalue weighted by atomic mass is 10.1. The molecule has 1 heterocycles. The lowest BCUT2D eigenvalue weighted by Crippen LogP contribution is -2.27. The molecule has 3 unspecified atom stereocenters. The molecule has 1 fully saturated rings. The molecule has 3 atom stereocenters. The van der Waals surface area contributed by atoms with Gasteiger partial charge in [0.15, 0.2) is 0 Å². The highest BCUT2D eigenvalue weighted by Crippen LogP contribution is 2.47. The summed E-state index contributed by atoms with van der Waals surface area (Å²) >= 11 is 0. The fourth-order valence-corrected chi connectivity index (χ4v) is 2.24. The number of hydrogen-bond acceptors (Lipinski definition) is 2. The summed E-state index contributed by atoms with van der Waals surface area (Å²) in [6.07, 6.45) is 4.61. The fourth-order valence-electron chi connectivity index (χ4n) is 2.24. The zero-order valence-electron chi connectivity index (χ0n) is 12.0. The molecule has 0 spiro atoms. The fraction of sp³-hybridized carbons (Fsp3) is 0.625. The van der Waals surface area contributed by atoms with Crippen LogP contribution in [-0.2, 0) is 0 Å². The Morgan fingerprint density at radius 3 is 2.89 bits per heavy atom. The van der Waals surface area contributed by atoms with Crippen LogP contribution in [0.1, 0.15) is 58.0 Å². The van der Waals surface area contributed by atoms with Crippen molar-refractivity contribution in [3.63, 3.8) is 0 Å². The van der Waals surface area contributed by atoms with Crippen LogP contribution in [0.2, 0.25) is 0 Å². The Morgan fingerprint density at radius 2 is 2.28 bits per heavy atom. The van der Waals surface area contributed by atoms with Crippen molar-refractivity contribution in [1.29, 1.82) is 0 Å². The second-order valence-corrected chi connectivity index (χ2v) is 5.62. The maximum absolute atomic E-state index is 5.90. The summed E-state index contributed by atoms with van der Waals surface area (Å²) in [4.78, 5) is 0. The van der Waals surface area contributed by atoms with Gasteiger partial charge in [-0.1, -0.05) is 19.4 Å². The first-order valence-electron chi connectivity index (χ1n) is 7.13. The average Bonchev–Trinajstić information content (AvgIpc) is 2.89. The van der Waals surface area contributed by atoms with Gasteiger partial charge in [0.05, 0.1) is 0 Å². The number of hydrogen-bond donors (Lipinski definition) is 1. The maximum Gasteiger partial charge on any atom is 0.127 e. The van der Waals surface area contributed by atoms with E-state index in [-0.39, 0.29) is 0 Å². The molecule has 0 aromatic carbocycles. The van der Waals surface area contributed by atoms with Crippen molar-refractivity contribution >= 4 is 6.08 Å². The van der Waals surface area contributed by atoms with Crippen LogP contribution in [0.25, 0.3) is 6.08 Å². The van der Waals surface area contributed by atoms with Crippen LogP contribution in [0, 0.1) is 5.92 Å². The van der Waals surface area contributed by atoms with Crippen LogP contribution < -0.4 is 5.32 Å². The second-order valence-electron chi connectivity index (χ2n) is 5.62. The molecule has 1 aliphatic rings. The van der Waals surface area contributed by atoms with Crippen molar-refractivity contribution < 1.29 is 4.42 Å². The summed E-state index contributed by atoms with van der Waals surface area (Å²) in [7, 11) is 0. The van der Waals surface area contributed by atoms with E-state index in [1.165, 1.54) is 18.4 Å². The molecule has 2 heteroatoms. The molecule has 100 valence electrons. The number of rotatable bonds is 6. The van der Waals surface area contributed by atoms with Crippen molar-refractivity contribution in [1.82, 2.24) is 5.32 Å². The van der Waals surface area contributed by atoms with Gasteiger partial charge in [-0.3, -0.25) is 0 Å². The number of furan rings is 1. The third-order valence-electron chi connectivity index (χ3n) is 3.88. The minimum absolute atomic E-state index is 0.415. The molecule has 2 nitrogen and oxygen atoms in total. The van der Waals surface area contributed by atoms with Crippen LogP contribution in [0.5, 0.6) is 0 Å². The minimum atomic E-state index is 0.415. The highest BCUT2D eigenvalue weighted by Gasteiger charge is 2.36. The summed E-state index contributed by atoms with van der Waals surface area (Å²) in [5, 5.41) is 3.49. The van der Waals surface area contributed by atoms with Gasteiger partial charge < -0.3 is 9.73 Å². The third kappa shape index (κ3) is 3.26. The van der Waals surface area contributed by atoms with Gasteiger partial charge in [-0.05, 0) is 57.4 Å². The van der Waals surface area contributed by atoms with E-state index < -0.39 is 0 Å². The van der Waals surface area contributed by atoms with E-state index in [0.717, 1.165) is 24.0 Å². The van der Waals surface area contributed by atoms with E-state index in [1.807, 2.05) is 0 Å². The van der Waals surface area contributed by atoms with Gasteiger partial charge in [0, 0.05) is 12.0 Å². The quantitative estimate of drug-likeness (QED) is 0.815. The molecule has 18 heavy (non-hydrogen) atoms. The van der Waals surface area contributed by atoms with Gasteiger partial charge in [0.1, 0.15) is 11.5 Å². The summed E-state index contributed by atoms with van der Waals surface area (Å²) in [6, 6.07) is 4.65. The van der Waals surface area contributed by atoms with Crippen molar-refractivity contribution in [2.24, 2.45) is 5.92 Å². The Morgan fingerprint density at radius 1 is 1.56 bits per heavy atom. The molecular formula is C16H25NO. The van der Waals surface area contributed by atoms with E-state index in [4.69, 9.17) is 4.42 Å². The highest BCUT2D eigenvalue weighted by atomic mass is 16.3. The topological polar surface area (TPSA) is 25.2 Å². The molecule has 0 amide bonds. The maximum atomic E-state index is 5.90. The highest BCUT2D eigenvalue weighted by molar-refractivity contribution is 5.48. The smallest absolute Gasteiger partial charge is 0.127 e. The molecule has 1 aliphatic carbocycles. The van der Waals surface area contributed by atoms with Crippen LogP contribution in [0.15, 0.2) is 22.1 Å². The van der Waals surface area contributed by atoms with Gasteiger partial charge in [-0.25, -0.2) is 0 Å². The Hall–Kier alpha value is -1.02. The summed E-state index contributed by atoms with van der Waals surface area (Å²) < 4.78 is 5.90. The third-order valence-corrected chi connectivity index (χ3v) is 3.88. The van der Waals surface area contributed by atoms with Crippen molar-refractivity contribution in [2.45, 2.75) is 52.5 Å². The molecule has 1 N–H and O–H groups in total. The van der Waals surface area contributed by atoms with Crippen LogP contribution >= 0.6 is 0 Å². The predicted octanol–water partition coefficient (Wildman–Crippen LogP) is 4.19. The summed E-state index contributed by atoms with van der Waals surface area (Å²) in [5.74, 6) is 3.63. The first kappa shape index (κ1) is 13.4. The van der Waals surface area contributed by atoms with Gasteiger partial charge in [-0.15, -0.1) is 0 Å². The Kier molecular flexibility index (Phi) is 4.28. The predicted molar refractivity (Wildman–Crippen MR) is 76.6 cm³/mol. The molecule has 0 bridgehead atoms. The van der Waals surface area contributed by atoms with E-state index in [9.17, 15) is 0 Å². The average molecular weight is 247 g/mol. The van der Waals surface area contributed by atoms with Gasteiger partial charge in [0.25, 0.3) is 0 Å². The van der Waals surface area contributed by atoms with Crippen molar-refractivity contribution in [3.05, 3.63) is 29.2 Å². The van der Waals surface area contributed by atoms with E-state index in [1.54, 1.807) is 0 Å². The Bertz CT molecular complexity index is 418. The Labute approximate surface area is 110 Å². The van der Waals surface area contributed by atoms with Gasteiger partial charge in [-0.2, -0.15) is 0 Å². The molecule has 0 radical (unpaired) electrons. The van der Waals surface area contributed by atoms with Crippen LogP contribution in [0.3, 0.4) is 0 Å². The molecule has 1 saturated carbocycles. The molecule has 1 aromatic heterocycles. The largest absolute Gasteiger partial charge is 0.461 e. The van der Waals surface area contributed by atoms with Crippen molar-refractivity contribution in [2.75, 3.05) is 6.54 Å². The minimum Gasteiger partial charge on any atom is -0.461 e. The standard InChI is InChI=1S/C16H25NO/c1-5-8-17-13(4)11(2)9-14-6-7-16(18-14)15-10-12(15)3/h6-7,9,12-13,15,17H,5,8,10H2,1-4H3/b11-9+. The Balaban J connectivity index is 1.96. The molecule has 0 aliphatic heterocycles. The molecular weight excluding hydrogens is 222 g/mol. The zero-order chi connectivity index (χ0) is 13.1. The monoisotopic (exact) mass is 247 g/mol. The number of nitrogens with one attached hydrogen (secondary N) is 1. The molecule has 2 rings (SSSR count). The summed E-state index contributed by atoms with van der Waals surface area (Å²) in [5.41, 5.74) is 1.33. The van der Waals surface area contributed by atoms with Gasteiger partial charge in [0.2, 0.25) is 0 Å². The SMILES string of the molecule is CCCNC(C)/C(C)=C/c1ccc(C2CC2C)o1. The first-order valence-corrected chi connectivity index (χ1v) is 7.13. The van der Waals surface area contributed by atoms with E-state index in [2.05, 4.69) is 51.2 Å². The normalized spacial score (nSPS) is 25.2. The van der Waals surface area contributed by atoms with Crippen molar-refractivity contribution in [3.8, 4) is 0 Å². The summed E-state index contributed by atoms with van der Waals surface area (Å²) in [6.45, 7) is 9.90. The lowest BCUT2D eigenvalue weighted by Gasteiger charge is -2.13.